The molecule has 0 radical (unpaired) electrons. The molecule has 0 spiro atoms. The fraction of sp³-hybridized carbons (Fsp3) is 0.222. The Kier molecular flexibility index (Phi) is 5.09. The maximum absolute atomic E-state index is 12.5. The summed E-state index contributed by atoms with van der Waals surface area (Å²) in [4.78, 5) is 11.9. The Morgan fingerprint density at radius 3 is 2.69 bits per heavy atom. The number of anilines is 2. The van der Waals surface area contributed by atoms with Crippen molar-refractivity contribution in [1.82, 2.24) is 5.32 Å². The molecule has 1 aliphatic rings. The van der Waals surface area contributed by atoms with Crippen LogP contribution in [0, 0.1) is 11.3 Å². The molecule has 134 valence electrons. The summed E-state index contributed by atoms with van der Waals surface area (Å²) in [7, 11) is -3.52. The van der Waals surface area contributed by atoms with Crippen molar-refractivity contribution < 1.29 is 13.2 Å². The number of fused-ring (bicyclic) bond motifs is 1. The number of nitrogens with zero attached hydrogens (tertiary/aromatic N) is 2. The van der Waals surface area contributed by atoms with E-state index < -0.39 is 16.1 Å². The summed E-state index contributed by atoms with van der Waals surface area (Å²) >= 11 is 0. The van der Waals surface area contributed by atoms with E-state index in [2.05, 4.69) is 10.6 Å². The second-order valence-corrected chi connectivity index (χ2v) is 7.82. The zero-order valence-corrected chi connectivity index (χ0v) is 14.8. The van der Waals surface area contributed by atoms with E-state index >= 15 is 0 Å². The summed E-state index contributed by atoms with van der Waals surface area (Å²) < 4.78 is 26.5. The van der Waals surface area contributed by atoms with Crippen molar-refractivity contribution in [1.29, 1.82) is 5.26 Å². The van der Waals surface area contributed by atoms with Crippen LogP contribution in [-0.2, 0) is 16.4 Å². The molecule has 2 amide bonds. The van der Waals surface area contributed by atoms with Crippen molar-refractivity contribution in [3.8, 4) is 6.07 Å². The zero-order valence-electron chi connectivity index (χ0n) is 14.0. The lowest BCUT2D eigenvalue weighted by Crippen LogP contribution is -2.38. The molecule has 2 aromatic carbocycles. The van der Waals surface area contributed by atoms with E-state index in [1.54, 1.807) is 30.3 Å². The van der Waals surface area contributed by atoms with Gasteiger partial charge < -0.3 is 10.6 Å². The standard InChI is InChI=1S/C18H18N4O3S/c19-13-15-6-1-3-7-16(15)21-18(23)20-10-12-26(24,25)22-11-9-14-5-2-4-8-17(14)22/h1-8H,9-12H2,(H2,20,21,23). The van der Waals surface area contributed by atoms with E-state index in [1.807, 2.05) is 24.3 Å². The van der Waals surface area contributed by atoms with Crippen LogP contribution in [-0.4, -0.2) is 33.3 Å². The van der Waals surface area contributed by atoms with Crippen LogP contribution in [0.15, 0.2) is 48.5 Å². The number of nitriles is 1. The average Bonchev–Trinajstić information content (AvgIpc) is 3.07. The summed E-state index contributed by atoms with van der Waals surface area (Å²) in [6, 6.07) is 15.4. The molecule has 0 saturated heterocycles. The van der Waals surface area contributed by atoms with Crippen molar-refractivity contribution >= 4 is 27.4 Å². The van der Waals surface area contributed by atoms with E-state index in [1.165, 1.54) is 4.31 Å². The highest BCUT2D eigenvalue weighted by Gasteiger charge is 2.28. The maximum Gasteiger partial charge on any atom is 0.319 e. The van der Waals surface area contributed by atoms with Gasteiger partial charge in [0.2, 0.25) is 10.0 Å². The van der Waals surface area contributed by atoms with Gasteiger partial charge in [0.05, 0.1) is 22.7 Å². The van der Waals surface area contributed by atoms with Gasteiger partial charge in [-0.05, 0) is 30.2 Å². The number of hydrogen-bond acceptors (Lipinski definition) is 4. The van der Waals surface area contributed by atoms with Crippen LogP contribution in [0.4, 0.5) is 16.2 Å². The smallest absolute Gasteiger partial charge is 0.319 e. The SMILES string of the molecule is N#Cc1ccccc1NC(=O)NCCS(=O)(=O)N1CCc2ccccc21. The Balaban J connectivity index is 1.56. The average molecular weight is 370 g/mol. The Bertz CT molecular complexity index is 966. The minimum absolute atomic E-state index is 0.0262. The van der Waals surface area contributed by atoms with Crippen molar-refractivity contribution in [3.05, 3.63) is 59.7 Å². The van der Waals surface area contributed by atoms with Gasteiger partial charge in [-0.25, -0.2) is 13.2 Å². The van der Waals surface area contributed by atoms with Gasteiger partial charge >= 0.3 is 6.03 Å². The molecule has 2 N–H and O–H groups in total. The molecular formula is C18H18N4O3S. The van der Waals surface area contributed by atoms with Crippen LogP contribution >= 0.6 is 0 Å². The first-order chi connectivity index (χ1) is 12.5. The third-order valence-corrected chi connectivity index (χ3v) is 5.89. The molecule has 0 bridgehead atoms. The molecule has 8 heteroatoms. The minimum atomic E-state index is -3.52. The van der Waals surface area contributed by atoms with Crippen LogP contribution in [0.1, 0.15) is 11.1 Å². The summed E-state index contributed by atoms with van der Waals surface area (Å²) in [5.74, 6) is -0.200. The highest BCUT2D eigenvalue weighted by Crippen LogP contribution is 2.29. The van der Waals surface area contributed by atoms with Gasteiger partial charge in [-0.15, -0.1) is 0 Å². The van der Waals surface area contributed by atoms with Gasteiger partial charge in [-0.3, -0.25) is 4.31 Å². The maximum atomic E-state index is 12.5. The Morgan fingerprint density at radius 2 is 1.88 bits per heavy atom. The number of carbonyl (C=O) groups excluding carboxylic acids is 1. The molecule has 2 aromatic rings. The molecule has 0 aromatic heterocycles. The highest BCUT2D eigenvalue weighted by atomic mass is 32.2. The summed E-state index contributed by atoms with van der Waals surface area (Å²) in [6.45, 7) is 0.394. The Morgan fingerprint density at radius 1 is 1.15 bits per heavy atom. The van der Waals surface area contributed by atoms with E-state index in [9.17, 15) is 13.2 Å². The van der Waals surface area contributed by atoms with Crippen LogP contribution in [0.3, 0.4) is 0 Å². The van der Waals surface area contributed by atoms with Gasteiger partial charge in [0.1, 0.15) is 6.07 Å². The quantitative estimate of drug-likeness (QED) is 0.841. The molecular weight excluding hydrogens is 352 g/mol. The molecule has 0 saturated carbocycles. The number of sulfonamides is 1. The predicted molar refractivity (Wildman–Crippen MR) is 99.5 cm³/mol. The first-order valence-electron chi connectivity index (χ1n) is 8.13. The number of benzene rings is 2. The van der Waals surface area contributed by atoms with Gasteiger partial charge in [-0.2, -0.15) is 5.26 Å². The summed E-state index contributed by atoms with van der Waals surface area (Å²) in [5, 5.41) is 14.1. The molecule has 0 atom stereocenters. The molecule has 0 aliphatic carbocycles. The van der Waals surface area contributed by atoms with Crippen molar-refractivity contribution in [2.75, 3.05) is 28.5 Å². The first kappa shape index (κ1) is 17.8. The number of nitrogens with one attached hydrogen (secondary N) is 2. The molecule has 7 nitrogen and oxygen atoms in total. The van der Waals surface area contributed by atoms with Gasteiger partial charge in [0.25, 0.3) is 0 Å². The van der Waals surface area contributed by atoms with E-state index in [0.29, 0.717) is 29.9 Å². The number of amides is 2. The molecule has 1 aliphatic heterocycles. The fourth-order valence-corrected chi connectivity index (χ4v) is 4.28. The van der Waals surface area contributed by atoms with Crippen molar-refractivity contribution in [2.45, 2.75) is 6.42 Å². The number of urea groups is 1. The first-order valence-corrected chi connectivity index (χ1v) is 9.74. The largest absolute Gasteiger partial charge is 0.337 e. The molecule has 0 fully saturated rings. The van der Waals surface area contributed by atoms with Crippen LogP contribution in [0.25, 0.3) is 0 Å². The second kappa shape index (κ2) is 7.45. The lowest BCUT2D eigenvalue weighted by atomic mass is 10.2. The monoisotopic (exact) mass is 370 g/mol. The molecule has 3 rings (SSSR count). The fourth-order valence-electron chi connectivity index (χ4n) is 2.86. The van der Waals surface area contributed by atoms with Crippen LogP contribution in [0.2, 0.25) is 0 Å². The van der Waals surface area contributed by atoms with E-state index in [4.69, 9.17) is 5.26 Å². The summed E-state index contributed by atoms with van der Waals surface area (Å²) in [5.41, 5.74) is 2.43. The second-order valence-electron chi connectivity index (χ2n) is 5.81. The lowest BCUT2D eigenvalue weighted by Gasteiger charge is -2.19. The molecule has 0 unspecified atom stereocenters. The van der Waals surface area contributed by atoms with Gasteiger partial charge in [-0.1, -0.05) is 30.3 Å². The Hall–Kier alpha value is -3.05. The molecule has 26 heavy (non-hydrogen) atoms. The van der Waals surface area contributed by atoms with Crippen molar-refractivity contribution in [2.24, 2.45) is 0 Å². The van der Waals surface area contributed by atoms with Crippen LogP contribution in [0.5, 0.6) is 0 Å². The third kappa shape index (κ3) is 3.78. The van der Waals surface area contributed by atoms with Crippen LogP contribution < -0.4 is 14.9 Å². The van der Waals surface area contributed by atoms with E-state index in [0.717, 1.165) is 5.56 Å². The number of carbonyl (C=O) groups is 1. The van der Waals surface area contributed by atoms with Gasteiger partial charge in [0, 0.05) is 13.1 Å². The third-order valence-electron chi connectivity index (χ3n) is 4.12. The van der Waals surface area contributed by atoms with E-state index in [-0.39, 0.29) is 12.3 Å². The van der Waals surface area contributed by atoms with Gasteiger partial charge in [0.15, 0.2) is 0 Å². The lowest BCUT2D eigenvalue weighted by molar-refractivity contribution is 0.252. The normalized spacial score (nSPS) is 13.0. The summed E-state index contributed by atoms with van der Waals surface area (Å²) in [6.07, 6.45) is 0.689. The van der Waals surface area contributed by atoms with Crippen molar-refractivity contribution in [3.63, 3.8) is 0 Å². The number of rotatable bonds is 5. The topological polar surface area (TPSA) is 102 Å². The minimum Gasteiger partial charge on any atom is -0.337 e. The molecule has 1 heterocycles. The predicted octanol–water partition coefficient (Wildman–Crippen LogP) is 2.07. The number of para-hydroxylation sites is 2. The highest BCUT2D eigenvalue weighted by molar-refractivity contribution is 7.92. The number of hydrogen-bond donors (Lipinski definition) is 2. The Labute approximate surface area is 152 Å². The zero-order chi connectivity index (χ0) is 18.6.